The number of nitrogens with one attached hydrogen (secondary N) is 1. The van der Waals surface area contributed by atoms with Crippen molar-refractivity contribution in [1.82, 2.24) is 5.32 Å². The molecule has 0 amide bonds. The fraction of sp³-hybridized carbons (Fsp3) is 0.571. The van der Waals surface area contributed by atoms with Gasteiger partial charge in [-0.25, -0.2) is 0 Å². The molecular formula is C14H23NO. The van der Waals surface area contributed by atoms with Crippen LogP contribution in [0.3, 0.4) is 0 Å². The molecule has 1 aromatic carbocycles. The number of benzene rings is 1. The first-order valence-corrected chi connectivity index (χ1v) is 5.85. The summed E-state index contributed by atoms with van der Waals surface area (Å²) >= 11 is 0. The van der Waals surface area contributed by atoms with Crippen LogP contribution < -0.4 is 5.32 Å². The summed E-state index contributed by atoms with van der Waals surface area (Å²) in [7, 11) is 0. The Kier molecular flexibility index (Phi) is 4.11. The highest BCUT2D eigenvalue weighted by atomic mass is 16.3. The minimum atomic E-state index is -0.357. The average molecular weight is 221 g/mol. The summed E-state index contributed by atoms with van der Waals surface area (Å²) in [6, 6.07) is 6.71. The standard InChI is InChI=1S/C14H23NO/c1-10(2)15-14(5,9-16)13-8-11(3)6-7-12(13)4/h6-8,10,15-16H,9H2,1-5H3. The third kappa shape index (κ3) is 2.83. The summed E-state index contributed by atoms with van der Waals surface area (Å²) < 4.78 is 0. The molecule has 0 fully saturated rings. The lowest BCUT2D eigenvalue weighted by molar-refractivity contribution is 0.165. The zero-order valence-corrected chi connectivity index (χ0v) is 11.0. The van der Waals surface area contributed by atoms with E-state index in [-0.39, 0.29) is 12.1 Å². The molecule has 0 saturated carbocycles. The van der Waals surface area contributed by atoms with Gasteiger partial charge in [0.25, 0.3) is 0 Å². The summed E-state index contributed by atoms with van der Waals surface area (Å²) in [6.45, 7) is 10.5. The van der Waals surface area contributed by atoms with Crippen LogP contribution in [0.15, 0.2) is 18.2 Å². The quantitative estimate of drug-likeness (QED) is 0.819. The second kappa shape index (κ2) is 4.98. The maximum Gasteiger partial charge on any atom is 0.0652 e. The summed E-state index contributed by atoms with van der Waals surface area (Å²) in [5.74, 6) is 0. The van der Waals surface area contributed by atoms with Crippen LogP contribution in [-0.4, -0.2) is 17.8 Å². The van der Waals surface area contributed by atoms with E-state index in [0.29, 0.717) is 6.04 Å². The fourth-order valence-corrected chi connectivity index (χ4v) is 2.18. The molecule has 1 unspecified atom stereocenters. The van der Waals surface area contributed by atoms with Crippen LogP contribution in [0.1, 0.15) is 37.5 Å². The lowest BCUT2D eigenvalue weighted by Gasteiger charge is -2.33. The lowest BCUT2D eigenvalue weighted by atomic mass is 9.87. The highest BCUT2D eigenvalue weighted by Gasteiger charge is 2.27. The van der Waals surface area contributed by atoms with E-state index in [9.17, 15) is 5.11 Å². The molecule has 2 nitrogen and oxygen atoms in total. The number of aliphatic hydroxyl groups is 1. The van der Waals surface area contributed by atoms with Crippen molar-refractivity contribution < 1.29 is 5.11 Å². The first-order chi connectivity index (χ1) is 7.39. The van der Waals surface area contributed by atoms with Crippen molar-refractivity contribution in [3.05, 3.63) is 34.9 Å². The van der Waals surface area contributed by atoms with Gasteiger partial charge < -0.3 is 10.4 Å². The Morgan fingerprint density at radius 1 is 1.31 bits per heavy atom. The summed E-state index contributed by atoms with van der Waals surface area (Å²) in [5, 5.41) is 13.1. The van der Waals surface area contributed by atoms with Gasteiger partial charge in [-0.2, -0.15) is 0 Å². The SMILES string of the molecule is Cc1ccc(C)c(C(C)(CO)NC(C)C)c1. The van der Waals surface area contributed by atoms with E-state index in [0.717, 1.165) is 0 Å². The first-order valence-electron chi connectivity index (χ1n) is 5.85. The third-order valence-corrected chi connectivity index (χ3v) is 2.91. The van der Waals surface area contributed by atoms with Crippen molar-refractivity contribution in [2.75, 3.05) is 6.61 Å². The largest absolute Gasteiger partial charge is 0.394 e. The van der Waals surface area contributed by atoms with E-state index in [1.165, 1.54) is 16.7 Å². The van der Waals surface area contributed by atoms with Crippen LogP contribution in [0.4, 0.5) is 0 Å². The highest BCUT2D eigenvalue weighted by Crippen LogP contribution is 2.25. The molecule has 0 bridgehead atoms. The highest BCUT2D eigenvalue weighted by molar-refractivity contribution is 5.36. The fourth-order valence-electron chi connectivity index (χ4n) is 2.18. The van der Waals surface area contributed by atoms with Gasteiger partial charge in [-0.1, -0.05) is 23.8 Å². The zero-order valence-electron chi connectivity index (χ0n) is 11.0. The van der Waals surface area contributed by atoms with Crippen molar-refractivity contribution in [3.8, 4) is 0 Å². The zero-order chi connectivity index (χ0) is 12.3. The Bertz CT molecular complexity index is 360. The van der Waals surface area contributed by atoms with Crippen LogP contribution in [0.5, 0.6) is 0 Å². The Balaban J connectivity index is 3.16. The van der Waals surface area contributed by atoms with Gasteiger partial charge in [0.15, 0.2) is 0 Å². The summed E-state index contributed by atoms with van der Waals surface area (Å²) in [4.78, 5) is 0. The molecule has 0 radical (unpaired) electrons. The van der Waals surface area contributed by atoms with Crippen LogP contribution in [0, 0.1) is 13.8 Å². The Hall–Kier alpha value is -0.860. The second-order valence-electron chi connectivity index (χ2n) is 5.11. The maximum absolute atomic E-state index is 9.64. The minimum Gasteiger partial charge on any atom is -0.394 e. The Morgan fingerprint density at radius 2 is 1.94 bits per heavy atom. The molecule has 0 aliphatic carbocycles. The molecule has 90 valence electrons. The number of aliphatic hydroxyl groups excluding tert-OH is 1. The third-order valence-electron chi connectivity index (χ3n) is 2.91. The van der Waals surface area contributed by atoms with Crippen LogP contribution >= 0.6 is 0 Å². The van der Waals surface area contributed by atoms with Gasteiger partial charge in [0, 0.05) is 6.04 Å². The average Bonchev–Trinajstić information content (AvgIpc) is 2.20. The van der Waals surface area contributed by atoms with Crippen molar-refractivity contribution >= 4 is 0 Å². The van der Waals surface area contributed by atoms with Crippen molar-refractivity contribution in [1.29, 1.82) is 0 Å². The number of rotatable bonds is 4. The van der Waals surface area contributed by atoms with Gasteiger partial charge in [-0.05, 0) is 45.7 Å². The molecule has 1 rings (SSSR count). The van der Waals surface area contributed by atoms with Crippen LogP contribution in [0.2, 0.25) is 0 Å². The second-order valence-corrected chi connectivity index (χ2v) is 5.11. The van der Waals surface area contributed by atoms with E-state index >= 15 is 0 Å². The van der Waals surface area contributed by atoms with Gasteiger partial charge >= 0.3 is 0 Å². The van der Waals surface area contributed by atoms with E-state index in [2.05, 4.69) is 58.1 Å². The van der Waals surface area contributed by atoms with Gasteiger partial charge in [-0.15, -0.1) is 0 Å². The van der Waals surface area contributed by atoms with E-state index in [1.807, 2.05) is 0 Å². The molecule has 1 aromatic rings. The van der Waals surface area contributed by atoms with Crippen LogP contribution in [-0.2, 0) is 5.54 Å². The molecule has 0 heterocycles. The molecule has 0 aromatic heterocycles. The number of hydrogen-bond donors (Lipinski definition) is 2. The molecule has 0 aliphatic heterocycles. The monoisotopic (exact) mass is 221 g/mol. The number of aryl methyl sites for hydroxylation is 2. The summed E-state index contributed by atoms with van der Waals surface area (Å²) in [5.41, 5.74) is 3.27. The van der Waals surface area contributed by atoms with Gasteiger partial charge in [0.05, 0.1) is 12.1 Å². The Morgan fingerprint density at radius 3 is 2.44 bits per heavy atom. The first kappa shape index (κ1) is 13.2. The van der Waals surface area contributed by atoms with Crippen LogP contribution in [0.25, 0.3) is 0 Å². The van der Waals surface area contributed by atoms with Gasteiger partial charge in [0.1, 0.15) is 0 Å². The van der Waals surface area contributed by atoms with Crippen molar-refractivity contribution in [2.24, 2.45) is 0 Å². The minimum absolute atomic E-state index is 0.107. The molecule has 0 saturated heterocycles. The van der Waals surface area contributed by atoms with E-state index in [1.54, 1.807) is 0 Å². The van der Waals surface area contributed by atoms with Crippen molar-refractivity contribution in [3.63, 3.8) is 0 Å². The number of hydrogen-bond acceptors (Lipinski definition) is 2. The molecule has 16 heavy (non-hydrogen) atoms. The Labute approximate surface area is 98.7 Å². The smallest absolute Gasteiger partial charge is 0.0652 e. The normalized spacial score (nSPS) is 15.2. The van der Waals surface area contributed by atoms with E-state index in [4.69, 9.17) is 0 Å². The lowest BCUT2D eigenvalue weighted by Crippen LogP contribution is -2.46. The molecule has 0 aliphatic rings. The summed E-state index contributed by atoms with van der Waals surface area (Å²) in [6.07, 6.45) is 0. The molecule has 2 N–H and O–H groups in total. The topological polar surface area (TPSA) is 32.3 Å². The van der Waals surface area contributed by atoms with Gasteiger partial charge in [0.2, 0.25) is 0 Å². The van der Waals surface area contributed by atoms with Gasteiger partial charge in [-0.3, -0.25) is 0 Å². The maximum atomic E-state index is 9.64. The molecule has 2 heteroatoms. The molecule has 1 atom stereocenters. The predicted molar refractivity (Wildman–Crippen MR) is 68.6 cm³/mol. The molecular weight excluding hydrogens is 198 g/mol. The molecule has 0 spiro atoms. The van der Waals surface area contributed by atoms with Crippen molar-refractivity contribution in [2.45, 2.75) is 46.2 Å². The van der Waals surface area contributed by atoms with E-state index < -0.39 is 0 Å². The predicted octanol–water partition coefficient (Wildman–Crippen LogP) is 2.51.